The minimum atomic E-state index is -2.06. The molecular weight excluding hydrogens is 432 g/mol. The molecule has 0 unspecified atom stereocenters. The molecule has 4 atom stereocenters. The molecule has 0 saturated carbocycles. The van der Waals surface area contributed by atoms with Crippen molar-refractivity contribution in [2.24, 2.45) is 5.92 Å². The maximum Gasteiger partial charge on any atom is 0.354 e. The smallest absolute Gasteiger partial charge is 0.354 e. The molecule has 1 saturated heterocycles. The number of amides is 2. The van der Waals surface area contributed by atoms with Crippen molar-refractivity contribution in [2.45, 2.75) is 83.5 Å². The highest BCUT2D eigenvalue weighted by molar-refractivity contribution is 8.00. The van der Waals surface area contributed by atoms with Crippen molar-refractivity contribution in [3.63, 3.8) is 0 Å². The molecule has 0 bridgehead atoms. The van der Waals surface area contributed by atoms with Gasteiger partial charge in [-0.2, -0.15) is 0 Å². The highest BCUT2D eigenvalue weighted by Gasteiger charge is 2.64. The Balaban J connectivity index is 2.26. The number of β-lactam (4-membered cyclic amide) rings is 1. The number of nitrogens with zero attached hydrogens (tertiary/aromatic N) is 1. The fourth-order valence-electron chi connectivity index (χ4n) is 3.98. The quantitative estimate of drug-likeness (QED) is 0.241. The standard InChI is InChI=1S/C22H38N2O5SSi/c1-10-28-20(27)16-13-22(7,30-12-11-23-15(3)25)18-17(19(26)24(16)18)14(2)29-31(8,9)21(4,5)6/h13-14,17-18H,10-12H2,1-9H3,(H,23,25)/t14-,17-,18+,22-/m1/s1. The molecule has 0 spiro atoms. The van der Waals surface area contributed by atoms with E-state index >= 15 is 0 Å². The number of fused-ring (bicyclic) bond motifs is 1. The lowest BCUT2D eigenvalue weighted by atomic mass is 9.78. The lowest BCUT2D eigenvalue weighted by molar-refractivity contribution is -0.162. The van der Waals surface area contributed by atoms with Crippen LogP contribution in [0.4, 0.5) is 0 Å². The monoisotopic (exact) mass is 470 g/mol. The summed E-state index contributed by atoms with van der Waals surface area (Å²) in [7, 11) is -2.06. The fourth-order valence-corrected chi connectivity index (χ4v) is 6.67. The van der Waals surface area contributed by atoms with Crippen molar-refractivity contribution in [1.29, 1.82) is 0 Å². The van der Waals surface area contributed by atoms with E-state index in [1.54, 1.807) is 23.6 Å². The van der Waals surface area contributed by atoms with Gasteiger partial charge in [0.05, 0.1) is 29.4 Å². The van der Waals surface area contributed by atoms with Crippen LogP contribution in [0.2, 0.25) is 18.1 Å². The molecule has 1 N–H and O–H groups in total. The van der Waals surface area contributed by atoms with Crippen molar-refractivity contribution in [3.8, 4) is 0 Å². The Morgan fingerprint density at radius 1 is 1.35 bits per heavy atom. The number of carbonyl (C=O) groups is 3. The zero-order chi connectivity index (χ0) is 23.8. The zero-order valence-corrected chi connectivity index (χ0v) is 22.1. The van der Waals surface area contributed by atoms with Crippen LogP contribution in [0, 0.1) is 5.92 Å². The summed E-state index contributed by atoms with van der Waals surface area (Å²) in [5, 5.41) is 2.84. The van der Waals surface area contributed by atoms with Gasteiger partial charge in [0.25, 0.3) is 0 Å². The van der Waals surface area contributed by atoms with Crippen LogP contribution in [-0.4, -0.2) is 66.8 Å². The van der Waals surface area contributed by atoms with Crippen LogP contribution in [0.3, 0.4) is 0 Å². The van der Waals surface area contributed by atoms with E-state index in [9.17, 15) is 14.4 Å². The van der Waals surface area contributed by atoms with E-state index in [1.807, 2.05) is 19.9 Å². The number of esters is 1. The number of ether oxygens (including phenoxy) is 1. The first-order chi connectivity index (χ1) is 14.2. The molecule has 9 heteroatoms. The minimum absolute atomic E-state index is 0.0359. The van der Waals surface area contributed by atoms with Gasteiger partial charge in [-0.1, -0.05) is 20.8 Å². The molecule has 31 heavy (non-hydrogen) atoms. The third kappa shape index (κ3) is 5.20. The SMILES string of the molecule is CCOC(=O)C1=C[C@@](C)(SCCNC(C)=O)[C@@H]2[C@@H]([C@@H](C)O[Si](C)(C)C(C)(C)C)C(=O)N12. The molecule has 0 aromatic rings. The Bertz CT molecular complexity index is 763. The molecule has 7 nitrogen and oxygen atoms in total. The van der Waals surface area contributed by atoms with Gasteiger partial charge in [0.1, 0.15) is 5.70 Å². The summed E-state index contributed by atoms with van der Waals surface area (Å²) in [4.78, 5) is 38.5. The minimum Gasteiger partial charge on any atom is -0.461 e. The number of thioether (sulfide) groups is 1. The molecule has 2 aliphatic rings. The Labute approximate surface area is 191 Å². The molecule has 176 valence electrons. The number of carbonyl (C=O) groups excluding carboxylic acids is 3. The van der Waals surface area contributed by atoms with Gasteiger partial charge in [0.15, 0.2) is 8.32 Å². The summed E-state index contributed by atoms with van der Waals surface area (Å²) in [6.45, 7) is 19.0. The lowest BCUT2D eigenvalue weighted by Gasteiger charge is -2.52. The van der Waals surface area contributed by atoms with Gasteiger partial charge < -0.3 is 19.4 Å². The number of nitrogens with one attached hydrogen (secondary N) is 1. The van der Waals surface area contributed by atoms with E-state index in [4.69, 9.17) is 9.16 Å². The third-order valence-corrected chi connectivity index (χ3v) is 12.5. The molecule has 1 fully saturated rings. The number of hydrogen-bond donors (Lipinski definition) is 1. The highest BCUT2D eigenvalue weighted by Crippen LogP contribution is 2.52. The average molecular weight is 471 g/mol. The summed E-state index contributed by atoms with van der Waals surface area (Å²) in [5.41, 5.74) is 0.321. The van der Waals surface area contributed by atoms with Crippen molar-refractivity contribution in [2.75, 3.05) is 18.9 Å². The second-order valence-corrected chi connectivity index (χ2v) is 16.4. The summed E-state index contributed by atoms with van der Waals surface area (Å²) >= 11 is 1.64. The first kappa shape index (κ1) is 25.9. The average Bonchev–Trinajstić information content (AvgIpc) is 2.87. The predicted molar refractivity (Wildman–Crippen MR) is 126 cm³/mol. The van der Waals surface area contributed by atoms with Crippen molar-refractivity contribution in [1.82, 2.24) is 10.2 Å². The number of rotatable bonds is 9. The van der Waals surface area contributed by atoms with Crippen molar-refractivity contribution >= 4 is 37.9 Å². The Morgan fingerprint density at radius 3 is 2.48 bits per heavy atom. The lowest BCUT2D eigenvalue weighted by Crippen LogP contribution is -2.68. The zero-order valence-electron chi connectivity index (χ0n) is 20.3. The maximum atomic E-state index is 13.2. The van der Waals surface area contributed by atoms with Crippen LogP contribution in [-0.2, 0) is 23.5 Å². The molecule has 2 heterocycles. The molecule has 0 radical (unpaired) electrons. The molecule has 0 aromatic heterocycles. The number of hydrogen-bond acceptors (Lipinski definition) is 6. The van der Waals surface area contributed by atoms with Crippen molar-refractivity contribution < 1.29 is 23.5 Å². The molecule has 2 aliphatic heterocycles. The van der Waals surface area contributed by atoms with Crippen molar-refractivity contribution in [3.05, 3.63) is 11.8 Å². The van der Waals surface area contributed by atoms with Gasteiger partial charge >= 0.3 is 5.97 Å². The molecular formula is C22H38N2O5SSi. The van der Waals surface area contributed by atoms with E-state index in [1.165, 1.54) is 6.92 Å². The predicted octanol–water partition coefficient (Wildman–Crippen LogP) is 3.31. The van der Waals surface area contributed by atoms with Gasteiger partial charge in [0.2, 0.25) is 11.8 Å². The Kier molecular flexibility index (Phi) is 7.76. The first-order valence-corrected chi connectivity index (χ1v) is 14.8. The summed E-state index contributed by atoms with van der Waals surface area (Å²) < 4.78 is 11.3. The molecule has 2 rings (SSSR count). The highest BCUT2D eigenvalue weighted by atomic mass is 32.2. The first-order valence-electron chi connectivity index (χ1n) is 11.0. The van der Waals surface area contributed by atoms with E-state index in [2.05, 4.69) is 39.2 Å². The van der Waals surface area contributed by atoms with Crippen LogP contribution >= 0.6 is 11.8 Å². The van der Waals surface area contributed by atoms with E-state index in [0.29, 0.717) is 18.0 Å². The van der Waals surface area contributed by atoms with E-state index in [0.717, 1.165) is 0 Å². The normalized spacial score (nSPS) is 26.7. The van der Waals surface area contributed by atoms with Crippen LogP contribution in [0.5, 0.6) is 0 Å². The Hall–Kier alpha value is -1.32. The molecule has 2 amide bonds. The Morgan fingerprint density at radius 2 is 1.97 bits per heavy atom. The van der Waals surface area contributed by atoms with Gasteiger partial charge in [-0.3, -0.25) is 9.59 Å². The van der Waals surface area contributed by atoms with Crippen LogP contribution in [0.25, 0.3) is 0 Å². The third-order valence-electron chi connectivity index (χ3n) is 6.58. The molecule has 0 aliphatic carbocycles. The molecule has 0 aromatic carbocycles. The van der Waals surface area contributed by atoms with E-state index < -0.39 is 19.0 Å². The van der Waals surface area contributed by atoms with E-state index in [-0.39, 0.29) is 41.5 Å². The summed E-state index contributed by atoms with van der Waals surface area (Å²) in [5.74, 6) is -0.277. The second-order valence-electron chi connectivity index (χ2n) is 10.0. The fraction of sp³-hybridized carbons (Fsp3) is 0.773. The topological polar surface area (TPSA) is 84.9 Å². The van der Waals surface area contributed by atoms with Crippen LogP contribution in [0.15, 0.2) is 11.8 Å². The largest absolute Gasteiger partial charge is 0.461 e. The van der Waals surface area contributed by atoms with Gasteiger partial charge in [-0.05, 0) is 45.0 Å². The maximum absolute atomic E-state index is 13.2. The van der Waals surface area contributed by atoms with Crippen LogP contribution in [0.1, 0.15) is 48.5 Å². The van der Waals surface area contributed by atoms with Crippen LogP contribution < -0.4 is 5.32 Å². The summed E-state index contributed by atoms with van der Waals surface area (Å²) in [6, 6.07) is -0.179. The van der Waals surface area contributed by atoms with Gasteiger partial charge in [-0.15, -0.1) is 11.8 Å². The van der Waals surface area contributed by atoms with Gasteiger partial charge in [0, 0.05) is 19.2 Å². The van der Waals surface area contributed by atoms with Gasteiger partial charge in [-0.25, -0.2) is 4.79 Å². The summed E-state index contributed by atoms with van der Waals surface area (Å²) in [6.07, 6.45) is 1.62. The second kappa shape index (κ2) is 9.27.